The summed E-state index contributed by atoms with van der Waals surface area (Å²) in [5.41, 5.74) is 1.96. The molecule has 1 atom stereocenters. The SMILES string of the molecule is CCCCNC(=O)[C@H](C)N(Cc1ccccc1Cl)C(=O)CN(c1ccc(OCc2ccccc2)cc1)S(C)(=O)=O. The fourth-order valence-corrected chi connectivity index (χ4v) is 5.04. The molecule has 0 aromatic heterocycles. The van der Waals surface area contributed by atoms with E-state index in [4.69, 9.17) is 16.3 Å². The van der Waals surface area contributed by atoms with Gasteiger partial charge in [0, 0.05) is 18.1 Å². The first-order valence-electron chi connectivity index (χ1n) is 13.1. The zero-order valence-corrected chi connectivity index (χ0v) is 24.6. The molecule has 0 fully saturated rings. The molecule has 1 N–H and O–H groups in total. The minimum absolute atomic E-state index is 0.0464. The van der Waals surface area contributed by atoms with E-state index in [-0.39, 0.29) is 12.5 Å². The van der Waals surface area contributed by atoms with Crippen LogP contribution in [0.15, 0.2) is 78.9 Å². The molecular weight excluding hydrogens is 550 g/mol. The highest BCUT2D eigenvalue weighted by molar-refractivity contribution is 7.92. The molecule has 0 aliphatic heterocycles. The number of unbranched alkanes of at least 4 members (excludes halogenated alkanes) is 1. The van der Waals surface area contributed by atoms with E-state index in [2.05, 4.69) is 5.32 Å². The van der Waals surface area contributed by atoms with E-state index in [9.17, 15) is 18.0 Å². The van der Waals surface area contributed by atoms with Crippen molar-refractivity contribution < 1.29 is 22.7 Å². The fraction of sp³-hybridized carbons (Fsp3) is 0.333. The summed E-state index contributed by atoms with van der Waals surface area (Å²) >= 11 is 6.36. The van der Waals surface area contributed by atoms with Gasteiger partial charge in [-0.25, -0.2) is 8.42 Å². The van der Waals surface area contributed by atoms with Crippen LogP contribution in [0.25, 0.3) is 0 Å². The second-order valence-corrected chi connectivity index (χ2v) is 11.8. The van der Waals surface area contributed by atoms with Crippen LogP contribution >= 0.6 is 11.6 Å². The summed E-state index contributed by atoms with van der Waals surface area (Å²) in [5.74, 6) is -0.294. The number of ether oxygens (including phenoxy) is 1. The Kier molecular flexibility index (Phi) is 11.4. The molecule has 214 valence electrons. The highest BCUT2D eigenvalue weighted by Gasteiger charge is 2.30. The zero-order valence-electron chi connectivity index (χ0n) is 23.0. The van der Waals surface area contributed by atoms with Gasteiger partial charge in [0.2, 0.25) is 21.8 Å². The predicted octanol–water partition coefficient (Wildman–Crippen LogP) is 5.02. The summed E-state index contributed by atoms with van der Waals surface area (Å²) in [6.45, 7) is 4.06. The van der Waals surface area contributed by atoms with Crippen molar-refractivity contribution >= 4 is 39.1 Å². The van der Waals surface area contributed by atoms with Crippen LogP contribution in [0.5, 0.6) is 5.75 Å². The monoisotopic (exact) mass is 585 g/mol. The summed E-state index contributed by atoms with van der Waals surface area (Å²) in [5, 5.41) is 3.30. The fourth-order valence-electron chi connectivity index (χ4n) is 3.99. The Morgan fingerprint density at radius 3 is 2.25 bits per heavy atom. The molecule has 3 aromatic carbocycles. The Hall–Kier alpha value is -3.56. The second-order valence-electron chi connectivity index (χ2n) is 9.47. The van der Waals surface area contributed by atoms with Crippen LogP contribution in [0.1, 0.15) is 37.8 Å². The van der Waals surface area contributed by atoms with Gasteiger partial charge in [-0.2, -0.15) is 0 Å². The van der Waals surface area contributed by atoms with Gasteiger partial charge in [0.05, 0.1) is 11.9 Å². The van der Waals surface area contributed by atoms with Gasteiger partial charge in [-0.05, 0) is 54.8 Å². The van der Waals surface area contributed by atoms with E-state index in [1.165, 1.54) is 4.90 Å². The lowest BCUT2D eigenvalue weighted by molar-refractivity contribution is -0.139. The van der Waals surface area contributed by atoms with Gasteiger partial charge in [0.15, 0.2) is 0 Å². The number of anilines is 1. The molecule has 0 saturated heterocycles. The van der Waals surface area contributed by atoms with Crippen molar-refractivity contribution in [1.29, 1.82) is 0 Å². The number of carbonyl (C=O) groups excluding carboxylic acids is 2. The first-order chi connectivity index (χ1) is 19.1. The highest BCUT2D eigenvalue weighted by Crippen LogP contribution is 2.24. The Balaban J connectivity index is 1.81. The third-order valence-electron chi connectivity index (χ3n) is 6.35. The maximum atomic E-state index is 13.7. The van der Waals surface area contributed by atoms with Crippen molar-refractivity contribution in [2.45, 2.75) is 45.9 Å². The minimum atomic E-state index is -3.84. The number of nitrogens with zero attached hydrogens (tertiary/aromatic N) is 2. The first kappa shape index (κ1) is 31.0. The lowest BCUT2D eigenvalue weighted by Gasteiger charge is -2.31. The van der Waals surface area contributed by atoms with Gasteiger partial charge < -0.3 is 15.0 Å². The third kappa shape index (κ3) is 8.99. The summed E-state index contributed by atoms with van der Waals surface area (Å²) in [6, 6.07) is 22.4. The largest absolute Gasteiger partial charge is 0.489 e. The quantitative estimate of drug-likeness (QED) is 0.268. The van der Waals surface area contributed by atoms with Crippen LogP contribution in [0.4, 0.5) is 5.69 Å². The number of nitrogens with one attached hydrogen (secondary N) is 1. The van der Waals surface area contributed by atoms with Gasteiger partial charge in [-0.15, -0.1) is 0 Å². The van der Waals surface area contributed by atoms with Crippen molar-refractivity contribution in [1.82, 2.24) is 10.2 Å². The number of rotatable bonds is 14. The second kappa shape index (κ2) is 14.7. The Morgan fingerprint density at radius 1 is 0.975 bits per heavy atom. The van der Waals surface area contributed by atoms with E-state index in [0.717, 1.165) is 29.0 Å². The Bertz CT molecular complexity index is 1370. The van der Waals surface area contributed by atoms with E-state index in [0.29, 0.717) is 35.2 Å². The van der Waals surface area contributed by atoms with Gasteiger partial charge in [-0.1, -0.05) is 73.5 Å². The molecule has 3 rings (SSSR count). The number of carbonyl (C=O) groups is 2. The summed E-state index contributed by atoms with van der Waals surface area (Å²) in [7, 11) is -3.84. The Labute approximate surface area is 241 Å². The molecule has 8 nitrogen and oxygen atoms in total. The smallest absolute Gasteiger partial charge is 0.244 e. The van der Waals surface area contributed by atoms with Crippen LogP contribution in [0.2, 0.25) is 5.02 Å². The molecule has 0 aliphatic carbocycles. The standard InChI is InChI=1S/C30H36ClN3O5S/c1-4-5-19-32-30(36)23(2)33(20-25-13-9-10-14-28(25)31)29(35)21-34(40(3,37)38)26-15-17-27(18-16-26)39-22-24-11-7-6-8-12-24/h6-18,23H,4-5,19-22H2,1-3H3,(H,32,36)/t23-/m0/s1. The lowest BCUT2D eigenvalue weighted by atomic mass is 10.1. The predicted molar refractivity (Wildman–Crippen MR) is 159 cm³/mol. The number of benzene rings is 3. The van der Waals surface area contributed by atoms with Crippen molar-refractivity contribution in [2.75, 3.05) is 23.7 Å². The van der Waals surface area contributed by atoms with Gasteiger partial charge in [-0.3, -0.25) is 13.9 Å². The molecule has 0 spiro atoms. The third-order valence-corrected chi connectivity index (χ3v) is 7.86. The lowest BCUT2D eigenvalue weighted by Crippen LogP contribution is -2.51. The average molecular weight is 586 g/mol. The molecule has 0 heterocycles. The molecule has 0 radical (unpaired) electrons. The van der Waals surface area contributed by atoms with Gasteiger partial charge in [0.25, 0.3) is 0 Å². The number of hydrogen-bond donors (Lipinski definition) is 1. The van der Waals surface area contributed by atoms with Crippen molar-refractivity contribution in [3.63, 3.8) is 0 Å². The molecule has 40 heavy (non-hydrogen) atoms. The molecule has 0 aliphatic rings. The topological polar surface area (TPSA) is 96.0 Å². The van der Waals surface area contributed by atoms with Crippen molar-refractivity contribution in [3.8, 4) is 5.75 Å². The highest BCUT2D eigenvalue weighted by atomic mass is 35.5. The van der Waals surface area contributed by atoms with E-state index < -0.39 is 28.5 Å². The van der Waals surface area contributed by atoms with Gasteiger partial charge >= 0.3 is 0 Å². The van der Waals surface area contributed by atoms with Crippen LogP contribution in [-0.2, 0) is 32.8 Å². The molecule has 0 unspecified atom stereocenters. The number of sulfonamides is 1. The molecule has 0 bridgehead atoms. The minimum Gasteiger partial charge on any atom is -0.489 e. The van der Waals surface area contributed by atoms with E-state index >= 15 is 0 Å². The Morgan fingerprint density at radius 2 is 1.62 bits per heavy atom. The summed E-state index contributed by atoms with van der Waals surface area (Å²) in [4.78, 5) is 27.9. The number of amides is 2. The first-order valence-corrected chi connectivity index (χ1v) is 15.4. The van der Waals surface area contributed by atoms with Crippen molar-refractivity contribution in [2.24, 2.45) is 0 Å². The van der Waals surface area contributed by atoms with Crippen LogP contribution in [0.3, 0.4) is 0 Å². The number of halogens is 1. The number of hydrogen-bond acceptors (Lipinski definition) is 5. The maximum absolute atomic E-state index is 13.7. The zero-order chi connectivity index (χ0) is 29.1. The molecule has 0 saturated carbocycles. The van der Waals surface area contributed by atoms with Crippen LogP contribution in [-0.4, -0.2) is 50.5 Å². The maximum Gasteiger partial charge on any atom is 0.244 e. The molecule has 2 amide bonds. The molecule has 3 aromatic rings. The van der Waals surface area contributed by atoms with Crippen molar-refractivity contribution in [3.05, 3.63) is 95.0 Å². The van der Waals surface area contributed by atoms with Crippen LogP contribution in [0, 0.1) is 0 Å². The average Bonchev–Trinajstić information content (AvgIpc) is 2.94. The van der Waals surface area contributed by atoms with Crippen LogP contribution < -0.4 is 14.4 Å². The van der Waals surface area contributed by atoms with E-state index in [1.807, 2.05) is 37.3 Å². The van der Waals surface area contributed by atoms with E-state index in [1.54, 1.807) is 55.5 Å². The normalized spacial score (nSPS) is 11.9. The van der Waals surface area contributed by atoms with Gasteiger partial charge in [0.1, 0.15) is 24.9 Å². The summed E-state index contributed by atoms with van der Waals surface area (Å²) < 4.78 is 32.4. The molecular formula is C30H36ClN3O5S. The summed E-state index contributed by atoms with van der Waals surface area (Å²) in [6.07, 6.45) is 2.76. The molecule has 10 heteroatoms.